The second-order valence-corrected chi connectivity index (χ2v) is 9.33. The van der Waals surface area contributed by atoms with E-state index in [9.17, 15) is 18.0 Å². The van der Waals surface area contributed by atoms with Crippen LogP contribution in [-0.4, -0.2) is 47.0 Å². The van der Waals surface area contributed by atoms with Gasteiger partial charge in [-0.2, -0.15) is 0 Å². The van der Waals surface area contributed by atoms with Crippen molar-refractivity contribution in [1.82, 2.24) is 9.72 Å². The van der Waals surface area contributed by atoms with Crippen molar-refractivity contribution < 1.29 is 41.8 Å². The number of halogens is 4. The smallest absolute Gasteiger partial charge is 0.497 e. The molecule has 2 aromatic carbocycles. The average molecular weight is 575 g/mol. The fourth-order valence-corrected chi connectivity index (χ4v) is 4.84. The molecule has 0 radical (unpaired) electrons. The zero-order chi connectivity index (χ0) is 28.6. The molecule has 0 spiro atoms. The molecule has 1 aliphatic rings. The molecule has 4 aromatic rings. The molecule has 0 aliphatic heterocycles. The maximum Gasteiger partial charge on any atom is 0.573 e. The second-order valence-electron chi connectivity index (χ2n) is 8.93. The predicted molar refractivity (Wildman–Crippen MR) is 141 cm³/mol. The molecule has 2 heterocycles. The molecule has 0 saturated carbocycles. The highest BCUT2D eigenvalue weighted by atomic mass is 35.5. The molecule has 1 N–H and O–H groups in total. The van der Waals surface area contributed by atoms with E-state index in [4.69, 9.17) is 30.7 Å². The van der Waals surface area contributed by atoms with Gasteiger partial charge < -0.3 is 28.4 Å². The molecule has 1 aliphatic carbocycles. The molecule has 0 bridgehead atoms. The second kappa shape index (κ2) is 10.7. The van der Waals surface area contributed by atoms with Crippen molar-refractivity contribution in [2.24, 2.45) is 0 Å². The van der Waals surface area contributed by atoms with Crippen LogP contribution in [0.25, 0.3) is 33.1 Å². The van der Waals surface area contributed by atoms with E-state index in [-0.39, 0.29) is 12.3 Å². The number of hydrogen-bond acceptors (Lipinski definition) is 6. The first-order valence-electron chi connectivity index (χ1n) is 11.9. The Kier molecular flexibility index (Phi) is 7.35. The number of carbonyl (C=O) groups is 1. The minimum Gasteiger partial charge on any atom is -0.497 e. The molecular formula is C28H22ClF3N2O6. The number of aromatic nitrogens is 2. The molecule has 0 amide bonds. The van der Waals surface area contributed by atoms with E-state index >= 15 is 0 Å². The normalized spacial score (nSPS) is 15.7. The van der Waals surface area contributed by atoms with Gasteiger partial charge >= 0.3 is 12.3 Å². The summed E-state index contributed by atoms with van der Waals surface area (Å²) in [5.41, 5.74) is 3.33. The first-order chi connectivity index (χ1) is 19.0. The van der Waals surface area contributed by atoms with Gasteiger partial charge in [0, 0.05) is 40.4 Å². The van der Waals surface area contributed by atoms with Crippen LogP contribution in [0, 0.1) is 6.92 Å². The number of methoxy groups -OCH3 is 1. The van der Waals surface area contributed by atoms with Gasteiger partial charge in [-0.3, -0.25) is 0 Å². The quantitative estimate of drug-likeness (QED) is 0.248. The maximum absolute atomic E-state index is 13.1. The molecule has 208 valence electrons. The van der Waals surface area contributed by atoms with Gasteiger partial charge in [0.25, 0.3) is 0 Å². The Balaban J connectivity index is 1.66. The number of nitrogens with zero attached hydrogens (tertiary/aromatic N) is 2. The first kappa shape index (κ1) is 27.4. The first-order valence-corrected chi connectivity index (χ1v) is 12.3. The van der Waals surface area contributed by atoms with Crippen molar-refractivity contribution in [3.63, 3.8) is 0 Å². The van der Waals surface area contributed by atoms with Gasteiger partial charge in [-0.05, 0) is 48.9 Å². The third-order valence-electron chi connectivity index (χ3n) is 6.39. The maximum atomic E-state index is 13.1. The molecule has 1 atom stereocenters. The van der Waals surface area contributed by atoms with E-state index < -0.39 is 25.0 Å². The van der Waals surface area contributed by atoms with E-state index in [0.29, 0.717) is 55.2 Å². The van der Waals surface area contributed by atoms with Crippen molar-refractivity contribution in [3.05, 3.63) is 77.0 Å². The highest BCUT2D eigenvalue weighted by molar-refractivity contribution is 6.32. The fourth-order valence-electron chi connectivity index (χ4n) is 4.64. The summed E-state index contributed by atoms with van der Waals surface area (Å²) in [6.07, 6.45) is 1.05. The van der Waals surface area contributed by atoms with Gasteiger partial charge in [0.15, 0.2) is 5.58 Å². The number of ether oxygens (including phenoxy) is 3. The molecule has 40 heavy (non-hydrogen) atoms. The number of benzene rings is 2. The molecule has 2 aromatic heterocycles. The minimum atomic E-state index is -4.87. The Morgan fingerprint density at radius 3 is 2.65 bits per heavy atom. The van der Waals surface area contributed by atoms with Crippen LogP contribution >= 0.6 is 11.6 Å². The van der Waals surface area contributed by atoms with Crippen molar-refractivity contribution in [1.29, 1.82) is 0 Å². The number of aliphatic carboxylic acids is 1. The van der Waals surface area contributed by atoms with Crippen molar-refractivity contribution in [2.75, 3.05) is 13.7 Å². The van der Waals surface area contributed by atoms with Crippen LogP contribution in [0.3, 0.4) is 0 Å². The fraction of sp³-hybridized carbons (Fsp3) is 0.214. The molecular weight excluding hydrogens is 553 g/mol. The summed E-state index contributed by atoms with van der Waals surface area (Å²) < 4.78 is 61.5. The molecule has 0 fully saturated rings. The van der Waals surface area contributed by atoms with Crippen LogP contribution in [0.15, 0.2) is 75.8 Å². The summed E-state index contributed by atoms with van der Waals surface area (Å²) in [5, 5.41) is 15.0. The van der Waals surface area contributed by atoms with E-state index in [2.05, 4.69) is 9.89 Å². The SMILES string of the molecule is COc1ccc2c(-c3c(C)n(CC4=CC(OCC(=O)O)C=CC=C4Cl)c4cc(OC(F)(F)F)ccc34)noc2c1. The molecule has 0 saturated heterocycles. The third-order valence-corrected chi connectivity index (χ3v) is 6.76. The van der Waals surface area contributed by atoms with Crippen LogP contribution in [0.5, 0.6) is 11.5 Å². The summed E-state index contributed by atoms with van der Waals surface area (Å²) in [4.78, 5) is 11.0. The minimum absolute atomic E-state index is 0.130. The molecule has 1 unspecified atom stereocenters. The topological polar surface area (TPSA) is 96.0 Å². The van der Waals surface area contributed by atoms with Crippen LogP contribution < -0.4 is 9.47 Å². The number of alkyl halides is 3. The number of rotatable bonds is 8. The van der Waals surface area contributed by atoms with Crippen molar-refractivity contribution >= 4 is 39.4 Å². The Morgan fingerprint density at radius 1 is 1.18 bits per heavy atom. The lowest BCUT2D eigenvalue weighted by Gasteiger charge is -2.15. The lowest BCUT2D eigenvalue weighted by molar-refractivity contribution is -0.274. The summed E-state index contributed by atoms with van der Waals surface area (Å²) >= 11 is 6.54. The molecule has 12 heteroatoms. The number of hydrogen-bond donors (Lipinski definition) is 1. The van der Waals surface area contributed by atoms with E-state index in [1.54, 1.807) is 53.1 Å². The number of allylic oxidation sites excluding steroid dienone is 4. The number of carboxylic acids is 1. The average Bonchev–Trinajstić information content (AvgIpc) is 3.35. The van der Waals surface area contributed by atoms with Gasteiger partial charge in [0.2, 0.25) is 0 Å². The third kappa shape index (κ3) is 5.56. The molecule has 5 rings (SSSR count). The standard InChI is InChI=1S/C28H22ClF3N2O6/c1-15-26(27-21-9-6-17(37-2)12-24(21)40-33-27)20-8-7-19(39-28(30,31)32)11-23(20)34(15)13-16-10-18(38-14-25(35)36)4-3-5-22(16)29/h3-12,18H,13-14H2,1-2H3,(H,35,36). The van der Waals surface area contributed by atoms with Crippen molar-refractivity contribution in [2.45, 2.75) is 25.9 Å². The lowest BCUT2D eigenvalue weighted by atomic mass is 10.0. The van der Waals surface area contributed by atoms with Gasteiger partial charge in [-0.25, -0.2) is 4.79 Å². The molecule has 8 nitrogen and oxygen atoms in total. The monoisotopic (exact) mass is 574 g/mol. The van der Waals surface area contributed by atoms with E-state index in [0.717, 1.165) is 0 Å². The largest absolute Gasteiger partial charge is 0.573 e. The van der Waals surface area contributed by atoms with Crippen molar-refractivity contribution in [3.8, 4) is 22.8 Å². The summed E-state index contributed by atoms with van der Waals surface area (Å²) in [7, 11) is 1.53. The number of fused-ring (bicyclic) bond motifs is 2. The van der Waals surface area contributed by atoms with Gasteiger partial charge in [0.1, 0.15) is 23.8 Å². The summed E-state index contributed by atoms with van der Waals surface area (Å²) in [6.45, 7) is 1.43. The Bertz CT molecular complexity index is 1700. The summed E-state index contributed by atoms with van der Waals surface area (Å²) in [5.74, 6) is -0.933. The van der Waals surface area contributed by atoms with E-state index in [1.165, 1.54) is 19.2 Å². The highest BCUT2D eigenvalue weighted by Gasteiger charge is 2.32. The zero-order valence-corrected chi connectivity index (χ0v) is 21.9. The Hall–Kier alpha value is -4.22. The Morgan fingerprint density at radius 2 is 1.93 bits per heavy atom. The highest BCUT2D eigenvalue weighted by Crippen LogP contribution is 2.41. The number of carboxylic acid groups (broad SMARTS) is 1. The van der Waals surface area contributed by atoms with Gasteiger partial charge in [0.05, 0.1) is 24.1 Å². The van der Waals surface area contributed by atoms with Crippen LogP contribution in [0.4, 0.5) is 13.2 Å². The summed E-state index contributed by atoms with van der Waals surface area (Å²) in [6, 6.07) is 9.34. The van der Waals surface area contributed by atoms with Crippen LogP contribution in [-0.2, 0) is 16.1 Å². The zero-order valence-electron chi connectivity index (χ0n) is 21.2. The van der Waals surface area contributed by atoms with Gasteiger partial charge in [-0.1, -0.05) is 28.9 Å². The van der Waals surface area contributed by atoms with Gasteiger partial charge in [-0.15, -0.1) is 13.2 Å². The van der Waals surface area contributed by atoms with Crippen LogP contribution in [0.2, 0.25) is 0 Å². The van der Waals surface area contributed by atoms with Crippen LogP contribution in [0.1, 0.15) is 5.69 Å². The Labute approximate surface area is 230 Å². The van der Waals surface area contributed by atoms with E-state index in [1.807, 2.05) is 6.92 Å². The lowest BCUT2D eigenvalue weighted by Crippen LogP contribution is -2.17. The predicted octanol–water partition coefficient (Wildman–Crippen LogP) is 6.75.